The van der Waals surface area contributed by atoms with Gasteiger partial charge in [-0.1, -0.05) is 0 Å². The Morgan fingerprint density at radius 3 is 2.82 bits per heavy atom. The number of anilines is 1. The summed E-state index contributed by atoms with van der Waals surface area (Å²) in [6, 6.07) is 5.10. The fourth-order valence-corrected chi connectivity index (χ4v) is 2.56. The van der Waals surface area contributed by atoms with Gasteiger partial charge >= 0.3 is 11.7 Å². The molecule has 0 spiro atoms. The van der Waals surface area contributed by atoms with Crippen LogP contribution in [0.4, 0.5) is 11.4 Å². The van der Waals surface area contributed by atoms with E-state index in [1.807, 2.05) is 0 Å². The number of pyridine rings is 1. The van der Waals surface area contributed by atoms with Crippen molar-refractivity contribution in [3.63, 3.8) is 0 Å². The van der Waals surface area contributed by atoms with E-state index in [1.54, 1.807) is 23.1 Å². The van der Waals surface area contributed by atoms with Gasteiger partial charge in [-0.3, -0.25) is 14.9 Å². The molecule has 3 rings (SSSR count). The molecule has 22 heavy (non-hydrogen) atoms. The number of carbonyl (C=O) groups is 1. The standard InChI is InChI=1S/C14H13N3O5/c1-22-9-2-3-10-11(4-9)15-5-12(17(20)21)13(10)16-6-8(7-16)14(18)19/h2-5,8H,6-7H2,1H3,(H,18,19). The minimum Gasteiger partial charge on any atom is -0.497 e. The van der Waals surface area contributed by atoms with Gasteiger partial charge in [0.05, 0.1) is 23.5 Å². The van der Waals surface area contributed by atoms with Crippen LogP contribution in [-0.2, 0) is 4.79 Å². The number of benzene rings is 1. The van der Waals surface area contributed by atoms with Gasteiger partial charge in [0, 0.05) is 24.5 Å². The maximum atomic E-state index is 11.2. The van der Waals surface area contributed by atoms with E-state index in [4.69, 9.17) is 9.84 Å². The van der Waals surface area contributed by atoms with Crippen molar-refractivity contribution < 1.29 is 19.6 Å². The molecule has 8 heteroatoms. The van der Waals surface area contributed by atoms with E-state index in [1.165, 1.54) is 13.3 Å². The number of nitrogens with zero attached hydrogens (tertiary/aromatic N) is 3. The number of hydrogen-bond donors (Lipinski definition) is 1. The summed E-state index contributed by atoms with van der Waals surface area (Å²) in [7, 11) is 1.53. The van der Waals surface area contributed by atoms with Gasteiger partial charge in [0.2, 0.25) is 0 Å². The number of carboxylic acid groups (broad SMARTS) is 1. The van der Waals surface area contributed by atoms with Crippen molar-refractivity contribution in [3.8, 4) is 5.75 Å². The predicted molar refractivity (Wildman–Crippen MR) is 78.3 cm³/mol. The first-order valence-corrected chi connectivity index (χ1v) is 6.60. The number of aromatic nitrogens is 1. The predicted octanol–water partition coefficient (Wildman–Crippen LogP) is 1.67. The number of ether oxygens (including phenoxy) is 1. The van der Waals surface area contributed by atoms with Gasteiger partial charge in [0.15, 0.2) is 0 Å². The lowest BCUT2D eigenvalue weighted by molar-refractivity contribution is -0.384. The molecule has 0 radical (unpaired) electrons. The van der Waals surface area contributed by atoms with Crippen LogP contribution in [-0.4, -0.2) is 41.2 Å². The Kier molecular flexibility index (Phi) is 3.28. The lowest BCUT2D eigenvalue weighted by atomic mass is 9.98. The molecule has 1 aromatic heterocycles. The third kappa shape index (κ3) is 2.18. The maximum absolute atomic E-state index is 11.2. The van der Waals surface area contributed by atoms with E-state index in [-0.39, 0.29) is 18.8 Å². The van der Waals surface area contributed by atoms with Gasteiger partial charge in [0.25, 0.3) is 0 Å². The second kappa shape index (κ2) is 5.14. The molecular weight excluding hydrogens is 290 g/mol. The Morgan fingerprint density at radius 2 is 2.23 bits per heavy atom. The minimum absolute atomic E-state index is 0.124. The van der Waals surface area contributed by atoms with Crippen LogP contribution >= 0.6 is 0 Å². The summed E-state index contributed by atoms with van der Waals surface area (Å²) >= 11 is 0. The van der Waals surface area contributed by atoms with Crippen molar-refractivity contribution in [2.45, 2.75) is 0 Å². The summed E-state index contributed by atoms with van der Waals surface area (Å²) in [6.45, 7) is 0.503. The first-order valence-electron chi connectivity index (χ1n) is 6.60. The Hall–Kier alpha value is -2.90. The monoisotopic (exact) mass is 303 g/mol. The molecule has 8 nitrogen and oxygen atoms in total. The Morgan fingerprint density at radius 1 is 1.50 bits per heavy atom. The van der Waals surface area contributed by atoms with E-state index in [0.29, 0.717) is 22.3 Å². The van der Waals surface area contributed by atoms with Crippen LogP contribution < -0.4 is 9.64 Å². The highest BCUT2D eigenvalue weighted by atomic mass is 16.6. The van der Waals surface area contributed by atoms with Crippen molar-refractivity contribution in [2.75, 3.05) is 25.1 Å². The number of methoxy groups -OCH3 is 1. The highest BCUT2D eigenvalue weighted by molar-refractivity contribution is 5.97. The molecule has 0 saturated carbocycles. The average Bonchev–Trinajstić information content (AvgIpc) is 2.44. The molecule has 2 heterocycles. The van der Waals surface area contributed by atoms with E-state index in [0.717, 1.165) is 0 Å². The summed E-state index contributed by atoms with van der Waals surface area (Å²) in [5, 5.41) is 20.8. The highest BCUT2D eigenvalue weighted by Gasteiger charge is 2.37. The highest BCUT2D eigenvalue weighted by Crippen LogP contribution is 2.39. The molecule has 0 aliphatic carbocycles. The fraction of sp³-hybridized carbons (Fsp3) is 0.286. The van der Waals surface area contributed by atoms with Crippen LogP contribution in [0.3, 0.4) is 0 Å². The maximum Gasteiger partial charge on any atom is 0.311 e. The molecule has 1 aliphatic rings. The van der Waals surface area contributed by atoms with E-state index in [9.17, 15) is 14.9 Å². The average molecular weight is 303 g/mol. The molecule has 1 saturated heterocycles. The molecule has 1 fully saturated rings. The molecule has 1 aliphatic heterocycles. The largest absolute Gasteiger partial charge is 0.497 e. The third-order valence-electron chi connectivity index (χ3n) is 3.77. The molecule has 0 atom stereocenters. The fourth-order valence-electron chi connectivity index (χ4n) is 2.56. The Balaban J connectivity index is 2.10. The van der Waals surface area contributed by atoms with Gasteiger partial charge in [-0.25, -0.2) is 4.98 Å². The van der Waals surface area contributed by atoms with Crippen LogP contribution in [0, 0.1) is 16.0 Å². The van der Waals surface area contributed by atoms with E-state index < -0.39 is 16.8 Å². The van der Waals surface area contributed by atoms with Crippen molar-refractivity contribution in [2.24, 2.45) is 5.92 Å². The van der Waals surface area contributed by atoms with Gasteiger partial charge < -0.3 is 14.7 Å². The first kappa shape index (κ1) is 14.1. The van der Waals surface area contributed by atoms with E-state index in [2.05, 4.69) is 4.98 Å². The number of aliphatic carboxylic acids is 1. The van der Waals surface area contributed by atoms with Gasteiger partial charge in [0.1, 0.15) is 17.6 Å². The lowest BCUT2D eigenvalue weighted by Gasteiger charge is -2.38. The van der Waals surface area contributed by atoms with Crippen LogP contribution in [0.5, 0.6) is 5.75 Å². The Labute approximate surface area is 125 Å². The quantitative estimate of drug-likeness (QED) is 0.676. The molecule has 0 unspecified atom stereocenters. The van der Waals surface area contributed by atoms with Gasteiger partial charge in [-0.15, -0.1) is 0 Å². The summed E-state index contributed by atoms with van der Waals surface area (Å²) in [4.78, 5) is 27.5. The number of nitro groups is 1. The molecule has 1 aromatic carbocycles. The van der Waals surface area contributed by atoms with Crippen LogP contribution in [0.25, 0.3) is 10.9 Å². The van der Waals surface area contributed by atoms with Crippen LogP contribution in [0.1, 0.15) is 0 Å². The van der Waals surface area contributed by atoms with Crippen molar-refractivity contribution in [1.82, 2.24) is 4.98 Å². The van der Waals surface area contributed by atoms with Crippen molar-refractivity contribution >= 4 is 28.2 Å². The number of fused-ring (bicyclic) bond motifs is 1. The first-order chi connectivity index (χ1) is 10.5. The van der Waals surface area contributed by atoms with Gasteiger partial charge in [-0.2, -0.15) is 0 Å². The van der Waals surface area contributed by atoms with Crippen LogP contribution in [0.15, 0.2) is 24.4 Å². The van der Waals surface area contributed by atoms with E-state index >= 15 is 0 Å². The second-order valence-corrected chi connectivity index (χ2v) is 5.07. The van der Waals surface area contributed by atoms with Crippen LogP contribution in [0.2, 0.25) is 0 Å². The second-order valence-electron chi connectivity index (χ2n) is 5.07. The zero-order valence-electron chi connectivity index (χ0n) is 11.7. The summed E-state index contributed by atoms with van der Waals surface area (Å²) in [5.74, 6) is -0.785. The zero-order chi connectivity index (χ0) is 15.9. The SMILES string of the molecule is COc1ccc2c(N3CC(C(=O)O)C3)c([N+](=O)[O-])cnc2c1. The van der Waals surface area contributed by atoms with Crippen molar-refractivity contribution in [1.29, 1.82) is 0 Å². The number of rotatable bonds is 4. The molecule has 1 N–H and O–H groups in total. The molecule has 114 valence electrons. The lowest BCUT2D eigenvalue weighted by Crippen LogP contribution is -2.50. The summed E-state index contributed by atoms with van der Waals surface area (Å²) < 4.78 is 5.12. The zero-order valence-corrected chi connectivity index (χ0v) is 11.7. The number of carboxylic acids is 1. The smallest absolute Gasteiger partial charge is 0.311 e. The molecule has 0 bridgehead atoms. The summed E-state index contributed by atoms with van der Waals surface area (Å²) in [5.41, 5.74) is 0.857. The van der Waals surface area contributed by atoms with Gasteiger partial charge in [-0.05, 0) is 12.1 Å². The molecular formula is C14H13N3O5. The Bertz CT molecular complexity index is 770. The minimum atomic E-state index is -0.890. The summed E-state index contributed by atoms with van der Waals surface area (Å²) in [6.07, 6.45) is 1.20. The topological polar surface area (TPSA) is 106 Å². The number of hydrogen-bond acceptors (Lipinski definition) is 6. The molecule has 0 amide bonds. The van der Waals surface area contributed by atoms with Crippen molar-refractivity contribution in [3.05, 3.63) is 34.5 Å². The molecule has 2 aromatic rings. The normalized spacial score (nSPS) is 14.7. The third-order valence-corrected chi connectivity index (χ3v) is 3.77.